The number of H-pyrrole nitrogens is 1. The van der Waals surface area contributed by atoms with Gasteiger partial charge in [0, 0.05) is 19.7 Å². The number of carbonyl (C=O) groups excluding carboxylic acids is 1. The number of methoxy groups -OCH3 is 1. The van der Waals surface area contributed by atoms with Gasteiger partial charge in [0.15, 0.2) is 5.69 Å². The van der Waals surface area contributed by atoms with Crippen molar-refractivity contribution in [3.8, 4) is 0 Å². The zero-order valence-electron chi connectivity index (χ0n) is 10.9. The molecule has 0 bridgehead atoms. The van der Waals surface area contributed by atoms with Crippen molar-refractivity contribution in [3.63, 3.8) is 0 Å². The number of hydrogen-bond acceptors (Lipinski definition) is 4. The first-order chi connectivity index (χ1) is 8.69. The average molecular weight is 252 g/mol. The summed E-state index contributed by atoms with van der Waals surface area (Å²) in [6, 6.07) is 0.328. The Morgan fingerprint density at radius 1 is 1.61 bits per heavy atom. The van der Waals surface area contributed by atoms with E-state index in [1.807, 2.05) is 11.8 Å². The predicted octanol–water partition coefficient (Wildman–Crippen LogP) is 0.805. The van der Waals surface area contributed by atoms with Gasteiger partial charge in [-0.05, 0) is 19.3 Å². The van der Waals surface area contributed by atoms with Gasteiger partial charge in [-0.15, -0.1) is 0 Å². The van der Waals surface area contributed by atoms with Crippen molar-refractivity contribution in [1.82, 2.24) is 15.1 Å². The van der Waals surface area contributed by atoms with Gasteiger partial charge in [0.1, 0.15) is 0 Å². The highest BCUT2D eigenvalue weighted by Gasteiger charge is 2.34. The van der Waals surface area contributed by atoms with Gasteiger partial charge >= 0.3 is 0 Å². The van der Waals surface area contributed by atoms with Crippen molar-refractivity contribution in [2.45, 2.75) is 32.2 Å². The van der Waals surface area contributed by atoms with Crippen molar-refractivity contribution in [2.75, 3.05) is 26.0 Å². The minimum absolute atomic E-state index is 0.0944. The molecule has 2 rings (SSSR count). The lowest BCUT2D eigenvalue weighted by Crippen LogP contribution is -2.36. The van der Waals surface area contributed by atoms with Crippen LogP contribution in [0, 0.1) is 0 Å². The van der Waals surface area contributed by atoms with Crippen molar-refractivity contribution in [3.05, 3.63) is 11.4 Å². The van der Waals surface area contributed by atoms with Crippen LogP contribution in [0.5, 0.6) is 0 Å². The molecule has 0 atom stereocenters. The second-order valence-corrected chi connectivity index (χ2v) is 4.54. The highest BCUT2D eigenvalue weighted by atomic mass is 16.5. The summed E-state index contributed by atoms with van der Waals surface area (Å²) in [7, 11) is 1.63. The second kappa shape index (κ2) is 5.39. The Kier molecular flexibility index (Phi) is 3.86. The molecule has 1 aliphatic carbocycles. The average Bonchev–Trinajstić information content (AvgIpc) is 3.13. The van der Waals surface area contributed by atoms with E-state index in [9.17, 15) is 4.79 Å². The Bertz CT molecular complexity index is 426. The fourth-order valence-electron chi connectivity index (χ4n) is 1.98. The zero-order valence-corrected chi connectivity index (χ0v) is 10.9. The van der Waals surface area contributed by atoms with E-state index in [-0.39, 0.29) is 5.91 Å². The zero-order chi connectivity index (χ0) is 13.1. The van der Waals surface area contributed by atoms with Crippen LogP contribution in [0.25, 0.3) is 0 Å². The molecule has 6 nitrogen and oxygen atoms in total. The van der Waals surface area contributed by atoms with Crippen LogP contribution in [0.2, 0.25) is 0 Å². The highest BCUT2D eigenvalue weighted by Crippen LogP contribution is 2.29. The predicted molar refractivity (Wildman–Crippen MR) is 68.3 cm³/mol. The summed E-state index contributed by atoms with van der Waals surface area (Å²) in [6.07, 6.45) is 2.86. The van der Waals surface area contributed by atoms with Crippen molar-refractivity contribution in [1.29, 1.82) is 0 Å². The Morgan fingerprint density at radius 2 is 2.33 bits per heavy atom. The van der Waals surface area contributed by atoms with Gasteiger partial charge in [-0.25, -0.2) is 0 Å². The molecular formula is C12H20N4O2. The van der Waals surface area contributed by atoms with Crippen molar-refractivity contribution >= 4 is 11.6 Å². The number of ether oxygens (including phenoxy) is 1. The van der Waals surface area contributed by atoms with Gasteiger partial charge in [0.25, 0.3) is 5.91 Å². The van der Waals surface area contributed by atoms with Gasteiger partial charge in [0.2, 0.25) is 0 Å². The first kappa shape index (κ1) is 12.9. The lowest BCUT2D eigenvalue weighted by atomic mass is 10.2. The Balaban J connectivity index is 2.14. The summed E-state index contributed by atoms with van der Waals surface area (Å²) in [5.74, 6) is -0.0944. The molecule has 1 heterocycles. The number of aromatic nitrogens is 2. The number of aromatic amines is 1. The van der Waals surface area contributed by atoms with E-state index in [1.165, 1.54) is 0 Å². The minimum atomic E-state index is -0.0944. The van der Waals surface area contributed by atoms with Crippen LogP contribution in [-0.4, -0.2) is 47.3 Å². The Morgan fingerprint density at radius 3 is 2.83 bits per heavy atom. The Hall–Kier alpha value is -1.56. The summed E-state index contributed by atoms with van der Waals surface area (Å²) in [4.78, 5) is 14.2. The van der Waals surface area contributed by atoms with Crippen LogP contribution in [0.3, 0.4) is 0 Å². The van der Waals surface area contributed by atoms with E-state index >= 15 is 0 Å². The quantitative estimate of drug-likeness (QED) is 0.784. The van der Waals surface area contributed by atoms with E-state index in [0.717, 1.165) is 25.0 Å². The number of aryl methyl sites for hydroxylation is 1. The van der Waals surface area contributed by atoms with Crippen LogP contribution >= 0.6 is 0 Å². The van der Waals surface area contributed by atoms with Gasteiger partial charge < -0.3 is 15.4 Å². The molecule has 1 fully saturated rings. The smallest absolute Gasteiger partial charge is 0.276 e. The molecule has 3 N–H and O–H groups in total. The first-order valence-corrected chi connectivity index (χ1v) is 6.31. The maximum atomic E-state index is 12.4. The molecule has 6 heteroatoms. The molecule has 1 saturated carbocycles. The standard InChI is InChI=1S/C12H20N4O2/c1-3-9-10(13)11(15-14-9)12(17)16(6-7-18-2)8-4-5-8/h8H,3-7,13H2,1-2H3,(H,14,15). The number of nitrogen functional groups attached to an aromatic ring is 1. The van der Waals surface area contributed by atoms with Gasteiger partial charge in [-0.3, -0.25) is 9.89 Å². The highest BCUT2D eigenvalue weighted by molar-refractivity contribution is 5.98. The van der Waals surface area contributed by atoms with Crippen LogP contribution in [-0.2, 0) is 11.2 Å². The van der Waals surface area contributed by atoms with Crippen LogP contribution in [0.1, 0.15) is 35.9 Å². The third-order valence-electron chi connectivity index (χ3n) is 3.22. The van der Waals surface area contributed by atoms with Crippen molar-refractivity contribution < 1.29 is 9.53 Å². The number of anilines is 1. The van der Waals surface area contributed by atoms with Gasteiger partial charge in [0.05, 0.1) is 18.0 Å². The molecule has 0 unspecified atom stereocenters. The third kappa shape index (κ3) is 2.48. The lowest BCUT2D eigenvalue weighted by molar-refractivity contribution is 0.0675. The summed E-state index contributed by atoms with van der Waals surface area (Å²) in [5.41, 5.74) is 7.57. The van der Waals surface area contributed by atoms with Gasteiger partial charge in [-0.2, -0.15) is 5.10 Å². The van der Waals surface area contributed by atoms with E-state index in [4.69, 9.17) is 10.5 Å². The topological polar surface area (TPSA) is 84.2 Å². The summed E-state index contributed by atoms with van der Waals surface area (Å²) in [6.45, 7) is 3.10. The Labute approximate surface area is 106 Å². The molecule has 100 valence electrons. The molecule has 0 aliphatic heterocycles. The number of nitrogens with one attached hydrogen (secondary N) is 1. The minimum Gasteiger partial charge on any atom is -0.395 e. The normalized spacial score (nSPS) is 14.8. The third-order valence-corrected chi connectivity index (χ3v) is 3.22. The maximum Gasteiger partial charge on any atom is 0.276 e. The molecule has 18 heavy (non-hydrogen) atoms. The number of rotatable bonds is 6. The maximum absolute atomic E-state index is 12.4. The van der Waals surface area contributed by atoms with E-state index in [2.05, 4.69) is 10.2 Å². The van der Waals surface area contributed by atoms with Crippen LogP contribution in [0.15, 0.2) is 0 Å². The van der Waals surface area contributed by atoms with E-state index in [1.54, 1.807) is 7.11 Å². The fraction of sp³-hybridized carbons (Fsp3) is 0.667. The SMILES string of the molecule is CCc1[nH]nc(C(=O)N(CCOC)C2CC2)c1N. The number of nitrogens with two attached hydrogens (primary N) is 1. The molecular weight excluding hydrogens is 232 g/mol. The number of nitrogens with zero attached hydrogens (tertiary/aromatic N) is 2. The second-order valence-electron chi connectivity index (χ2n) is 4.54. The molecule has 0 radical (unpaired) electrons. The molecule has 1 aliphatic rings. The van der Waals surface area contributed by atoms with Crippen LogP contribution in [0.4, 0.5) is 5.69 Å². The van der Waals surface area contributed by atoms with Crippen molar-refractivity contribution in [2.24, 2.45) is 0 Å². The monoisotopic (exact) mass is 252 g/mol. The molecule has 1 aromatic rings. The fourth-order valence-corrected chi connectivity index (χ4v) is 1.98. The number of amides is 1. The molecule has 0 aromatic carbocycles. The summed E-state index contributed by atoms with van der Waals surface area (Å²) >= 11 is 0. The summed E-state index contributed by atoms with van der Waals surface area (Å²) < 4.78 is 5.04. The van der Waals surface area contributed by atoms with Gasteiger partial charge in [-0.1, -0.05) is 6.92 Å². The molecule has 0 saturated heterocycles. The molecule has 0 spiro atoms. The van der Waals surface area contributed by atoms with E-state index < -0.39 is 0 Å². The summed E-state index contributed by atoms with van der Waals surface area (Å²) in [5, 5.41) is 6.86. The number of hydrogen-bond donors (Lipinski definition) is 2. The largest absolute Gasteiger partial charge is 0.395 e. The first-order valence-electron chi connectivity index (χ1n) is 6.31. The lowest BCUT2D eigenvalue weighted by Gasteiger charge is -2.21. The van der Waals surface area contributed by atoms with E-state index in [0.29, 0.717) is 30.6 Å². The molecule has 1 aromatic heterocycles. The number of carbonyl (C=O) groups is 1. The molecule has 1 amide bonds. The van der Waals surface area contributed by atoms with Crippen LogP contribution < -0.4 is 5.73 Å².